The number of rotatable bonds is 8. The Bertz CT molecular complexity index is 484. The molecule has 0 fully saturated rings. The maximum Gasteiger partial charge on any atom is 0.311 e. The fraction of sp³-hybridized carbons (Fsp3) is 0.500. The van der Waals surface area contributed by atoms with Crippen LogP contribution in [-0.2, 0) is 0 Å². The van der Waals surface area contributed by atoms with Crippen LogP contribution in [0.1, 0.15) is 31.1 Å². The van der Waals surface area contributed by atoms with Crippen molar-refractivity contribution in [3.63, 3.8) is 0 Å². The van der Waals surface area contributed by atoms with E-state index in [0.29, 0.717) is 18.7 Å². The van der Waals surface area contributed by atoms with Crippen molar-refractivity contribution in [2.75, 3.05) is 26.2 Å². The van der Waals surface area contributed by atoms with Gasteiger partial charge < -0.3 is 9.64 Å². The van der Waals surface area contributed by atoms with Gasteiger partial charge in [0.2, 0.25) is 0 Å². The molecule has 0 heterocycles. The lowest BCUT2D eigenvalue weighted by Gasteiger charge is -2.18. The SMILES string of the molecule is CCN(CC)CCOc1ccc(C(C)=O)cc1[N+](=O)[O-]. The van der Waals surface area contributed by atoms with Crippen molar-refractivity contribution in [2.45, 2.75) is 20.8 Å². The van der Waals surface area contributed by atoms with Crippen molar-refractivity contribution >= 4 is 11.5 Å². The monoisotopic (exact) mass is 280 g/mol. The Kier molecular flexibility index (Phi) is 6.11. The number of carbonyl (C=O) groups excluding carboxylic acids is 1. The maximum absolute atomic E-state index is 11.2. The molecule has 0 spiro atoms. The topological polar surface area (TPSA) is 72.7 Å². The number of ether oxygens (including phenoxy) is 1. The van der Waals surface area contributed by atoms with Crippen molar-refractivity contribution in [3.05, 3.63) is 33.9 Å². The van der Waals surface area contributed by atoms with Gasteiger partial charge in [0.15, 0.2) is 11.5 Å². The molecule has 0 atom stereocenters. The quantitative estimate of drug-likeness (QED) is 0.415. The number of Topliss-reactive ketones (excluding diaryl/α,β-unsaturated/α-hetero) is 1. The number of nitro benzene ring substituents is 1. The first-order valence-corrected chi connectivity index (χ1v) is 6.64. The summed E-state index contributed by atoms with van der Waals surface area (Å²) in [5, 5.41) is 11.0. The van der Waals surface area contributed by atoms with E-state index in [-0.39, 0.29) is 17.2 Å². The van der Waals surface area contributed by atoms with E-state index in [1.54, 1.807) is 6.07 Å². The van der Waals surface area contributed by atoms with Crippen molar-refractivity contribution in [1.29, 1.82) is 0 Å². The molecule has 0 aromatic heterocycles. The zero-order chi connectivity index (χ0) is 15.1. The van der Waals surface area contributed by atoms with Crippen molar-refractivity contribution in [1.82, 2.24) is 4.90 Å². The Labute approximate surface area is 118 Å². The third-order valence-electron chi connectivity index (χ3n) is 3.12. The molecule has 6 nitrogen and oxygen atoms in total. The second kappa shape index (κ2) is 7.59. The fourth-order valence-corrected chi connectivity index (χ4v) is 1.83. The third-order valence-corrected chi connectivity index (χ3v) is 3.12. The lowest BCUT2D eigenvalue weighted by Crippen LogP contribution is -2.28. The maximum atomic E-state index is 11.2. The van der Waals surface area contributed by atoms with Crippen LogP contribution in [0.15, 0.2) is 18.2 Å². The van der Waals surface area contributed by atoms with Gasteiger partial charge in [-0.2, -0.15) is 0 Å². The smallest absolute Gasteiger partial charge is 0.311 e. The molecular weight excluding hydrogens is 260 g/mol. The van der Waals surface area contributed by atoms with E-state index in [9.17, 15) is 14.9 Å². The summed E-state index contributed by atoms with van der Waals surface area (Å²) < 4.78 is 5.47. The highest BCUT2D eigenvalue weighted by atomic mass is 16.6. The summed E-state index contributed by atoms with van der Waals surface area (Å²) in [6, 6.07) is 4.29. The Hall–Kier alpha value is -1.95. The molecule has 0 aliphatic rings. The Morgan fingerprint density at radius 3 is 2.50 bits per heavy atom. The van der Waals surface area contributed by atoms with E-state index in [1.807, 2.05) is 13.8 Å². The summed E-state index contributed by atoms with van der Waals surface area (Å²) >= 11 is 0. The van der Waals surface area contributed by atoms with Crippen LogP contribution in [0.5, 0.6) is 5.75 Å². The van der Waals surface area contributed by atoms with Gasteiger partial charge in [0, 0.05) is 18.2 Å². The summed E-state index contributed by atoms with van der Waals surface area (Å²) in [7, 11) is 0. The minimum absolute atomic E-state index is 0.169. The molecule has 1 aromatic carbocycles. The molecule has 0 saturated heterocycles. The molecule has 1 rings (SSSR count). The third kappa shape index (κ3) is 4.31. The molecule has 0 bridgehead atoms. The second-order valence-corrected chi connectivity index (χ2v) is 4.37. The highest BCUT2D eigenvalue weighted by Crippen LogP contribution is 2.28. The summed E-state index contributed by atoms with van der Waals surface area (Å²) in [5.41, 5.74) is 0.144. The van der Waals surface area contributed by atoms with Gasteiger partial charge in [-0.1, -0.05) is 13.8 Å². The van der Waals surface area contributed by atoms with Crippen LogP contribution in [0.3, 0.4) is 0 Å². The predicted molar refractivity (Wildman–Crippen MR) is 76.4 cm³/mol. The number of likely N-dealkylation sites (N-methyl/N-ethyl adjacent to an activating group) is 1. The first-order chi connectivity index (χ1) is 9.49. The van der Waals surface area contributed by atoms with Gasteiger partial charge in [0.1, 0.15) is 6.61 Å². The average Bonchev–Trinajstić information content (AvgIpc) is 2.43. The number of carbonyl (C=O) groups is 1. The molecule has 0 unspecified atom stereocenters. The molecule has 0 amide bonds. The zero-order valence-electron chi connectivity index (χ0n) is 12.1. The predicted octanol–water partition coefficient (Wildman–Crippen LogP) is 2.52. The van der Waals surface area contributed by atoms with Gasteiger partial charge in [0.05, 0.1) is 4.92 Å². The van der Waals surface area contributed by atoms with Crippen molar-refractivity contribution in [3.8, 4) is 5.75 Å². The zero-order valence-corrected chi connectivity index (χ0v) is 12.1. The number of nitro groups is 1. The minimum atomic E-state index is -0.529. The Morgan fingerprint density at radius 1 is 1.35 bits per heavy atom. The van der Waals surface area contributed by atoms with Gasteiger partial charge in [-0.3, -0.25) is 14.9 Å². The first-order valence-electron chi connectivity index (χ1n) is 6.64. The summed E-state index contributed by atoms with van der Waals surface area (Å²) in [6.45, 7) is 8.37. The van der Waals surface area contributed by atoms with Gasteiger partial charge in [0.25, 0.3) is 0 Å². The van der Waals surface area contributed by atoms with Gasteiger partial charge >= 0.3 is 5.69 Å². The van der Waals surface area contributed by atoms with Crippen LogP contribution in [0.4, 0.5) is 5.69 Å². The van der Waals surface area contributed by atoms with Crippen LogP contribution < -0.4 is 4.74 Å². The standard InChI is InChI=1S/C14H20N2O4/c1-4-15(5-2)8-9-20-14-7-6-12(11(3)17)10-13(14)16(18)19/h6-7,10H,4-5,8-9H2,1-3H3. The van der Waals surface area contributed by atoms with Crippen molar-refractivity contribution in [2.24, 2.45) is 0 Å². The van der Waals surface area contributed by atoms with Crippen LogP contribution >= 0.6 is 0 Å². The van der Waals surface area contributed by atoms with Gasteiger partial charge in [-0.25, -0.2) is 0 Å². The molecule has 0 aliphatic carbocycles. The lowest BCUT2D eigenvalue weighted by atomic mass is 10.1. The number of nitrogens with zero attached hydrogens (tertiary/aromatic N) is 2. The van der Waals surface area contributed by atoms with E-state index >= 15 is 0 Å². The molecule has 110 valence electrons. The van der Waals surface area contributed by atoms with E-state index in [0.717, 1.165) is 13.1 Å². The lowest BCUT2D eigenvalue weighted by molar-refractivity contribution is -0.385. The van der Waals surface area contributed by atoms with Crippen LogP contribution in [0.2, 0.25) is 0 Å². The van der Waals surface area contributed by atoms with Crippen molar-refractivity contribution < 1.29 is 14.5 Å². The number of benzene rings is 1. The van der Waals surface area contributed by atoms with Crippen LogP contribution in [0, 0.1) is 10.1 Å². The number of hydrogen-bond donors (Lipinski definition) is 0. The van der Waals surface area contributed by atoms with Gasteiger partial charge in [-0.05, 0) is 32.1 Å². The molecule has 6 heteroatoms. The molecular formula is C14H20N2O4. The Balaban J connectivity index is 2.79. The van der Waals surface area contributed by atoms with Gasteiger partial charge in [-0.15, -0.1) is 0 Å². The van der Waals surface area contributed by atoms with E-state index in [4.69, 9.17) is 4.74 Å². The normalized spacial score (nSPS) is 10.6. The highest BCUT2D eigenvalue weighted by molar-refractivity contribution is 5.95. The van der Waals surface area contributed by atoms with E-state index in [1.165, 1.54) is 19.1 Å². The molecule has 20 heavy (non-hydrogen) atoms. The van der Waals surface area contributed by atoms with Crippen LogP contribution in [-0.4, -0.2) is 41.8 Å². The first kappa shape index (κ1) is 16.1. The van der Waals surface area contributed by atoms with Crippen LogP contribution in [0.25, 0.3) is 0 Å². The summed E-state index contributed by atoms with van der Waals surface area (Å²) in [4.78, 5) is 23.9. The van der Waals surface area contributed by atoms with E-state index in [2.05, 4.69) is 4.90 Å². The average molecular weight is 280 g/mol. The Morgan fingerprint density at radius 2 is 2.00 bits per heavy atom. The summed E-state index contributed by atoms with van der Waals surface area (Å²) in [5.74, 6) is -0.00468. The molecule has 0 aliphatic heterocycles. The summed E-state index contributed by atoms with van der Waals surface area (Å²) in [6.07, 6.45) is 0. The minimum Gasteiger partial charge on any atom is -0.485 e. The highest BCUT2D eigenvalue weighted by Gasteiger charge is 2.17. The molecule has 0 radical (unpaired) electrons. The largest absolute Gasteiger partial charge is 0.485 e. The fourth-order valence-electron chi connectivity index (χ4n) is 1.83. The number of hydrogen-bond acceptors (Lipinski definition) is 5. The van der Waals surface area contributed by atoms with E-state index < -0.39 is 4.92 Å². The molecule has 0 N–H and O–H groups in total. The molecule has 1 aromatic rings. The number of ketones is 1. The molecule has 0 saturated carbocycles. The second-order valence-electron chi connectivity index (χ2n) is 4.37.